The van der Waals surface area contributed by atoms with Crippen LogP contribution in [0.1, 0.15) is 51.9 Å². The fourth-order valence-electron chi connectivity index (χ4n) is 4.87. The molecule has 3 aromatic carbocycles. The summed E-state index contributed by atoms with van der Waals surface area (Å²) >= 11 is 1.22. The minimum absolute atomic E-state index is 0.186. The summed E-state index contributed by atoms with van der Waals surface area (Å²) in [6.45, 7) is 6.51. The minimum Gasteiger partial charge on any atom is -0.497 e. The number of pyridine rings is 1. The zero-order valence-corrected chi connectivity index (χ0v) is 29.1. The van der Waals surface area contributed by atoms with Gasteiger partial charge >= 0.3 is 0 Å². The second-order valence-electron chi connectivity index (χ2n) is 12.1. The Labute approximate surface area is 283 Å². The predicted molar refractivity (Wildman–Crippen MR) is 192 cm³/mol. The Balaban J connectivity index is 1.32. The molecule has 0 saturated heterocycles. The highest BCUT2D eigenvalue weighted by Gasteiger charge is 2.23. The van der Waals surface area contributed by atoms with Gasteiger partial charge in [-0.15, -0.1) is 11.3 Å². The van der Waals surface area contributed by atoms with Crippen molar-refractivity contribution < 1.29 is 27.5 Å². The van der Waals surface area contributed by atoms with Gasteiger partial charge in [-0.05, 0) is 70.5 Å². The number of fused-ring (bicyclic) bond motifs is 1. The van der Waals surface area contributed by atoms with E-state index in [0.717, 1.165) is 33.2 Å². The van der Waals surface area contributed by atoms with Gasteiger partial charge in [0.2, 0.25) is 10.0 Å². The van der Waals surface area contributed by atoms with Crippen LogP contribution < -0.4 is 30.1 Å². The van der Waals surface area contributed by atoms with Crippen molar-refractivity contribution in [1.82, 2.24) is 4.98 Å². The summed E-state index contributed by atoms with van der Waals surface area (Å²) in [7, 11) is -0.592. The molecule has 0 atom stereocenters. The Morgan fingerprint density at radius 3 is 2.19 bits per heavy atom. The first-order chi connectivity index (χ1) is 22.7. The maximum atomic E-state index is 13.6. The Bertz CT molecular complexity index is 2070. The molecule has 2 heterocycles. The Morgan fingerprint density at radius 2 is 1.56 bits per heavy atom. The normalized spacial score (nSPS) is 11.5. The molecule has 0 fully saturated rings. The van der Waals surface area contributed by atoms with Crippen LogP contribution in [0, 0.1) is 0 Å². The van der Waals surface area contributed by atoms with Crippen LogP contribution in [0.2, 0.25) is 0 Å². The monoisotopic (exact) mass is 687 g/mol. The molecule has 0 radical (unpaired) electrons. The Hall–Kier alpha value is -5.14. The van der Waals surface area contributed by atoms with Crippen LogP contribution in [0.3, 0.4) is 0 Å². The third kappa shape index (κ3) is 8.22. The molecule has 0 aliphatic heterocycles. The lowest BCUT2D eigenvalue weighted by atomic mass is 9.86. The number of nitrogens with one attached hydrogen (secondary N) is 4. The molecule has 5 rings (SSSR count). The maximum absolute atomic E-state index is 13.6. The number of ether oxygens (including phenoxy) is 2. The van der Waals surface area contributed by atoms with Crippen molar-refractivity contribution in [2.75, 3.05) is 41.1 Å². The average molecular weight is 688 g/mol. The molecule has 5 aromatic rings. The lowest BCUT2D eigenvalue weighted by Gasteiger charge is -2.23. The number of nitrogens with zero attached hydrogens (tertiary/aromatic N) is 1. The van der Waals surface area contributed by atoms with Crippen molar-refractivity contribution in [2.24, 2.45) is 0 Å². The fourth-order valence-corrected chi connectivity index (χ4v) is 6.45. The first-order valence-corrected chi connectivity index (χ1v) is 17.6. The van der Waals surface area contributed by atoms with Crippen LogP contribution in [0.15, 0.2) is 79.0 Å². The number of rotatable bonds is 11. The average Bonchev–Trinajstić information content (AvgIpc) is 3.49. The van der Waals surface area contributed by atoms with Gasteiger partial charge in [0.05, 0.1) is 52.7 Å². The summed E-state index contributed by atoms with van der Waals surface area (Å²) in [6, 6.07) is 21.8. The topological polar surface area (TPSA) is 148 Å². The second kappa shape index (κ2) is 13.9. The largest absolute Gasteiger partial charge is 0.497 e. The molecule has 11 nitrogen and oxygen atoms in total. The minimum atomic E-state index is -3.62. The van der Waals surface area contributed by atoms with Crippen LogP contribution in [0.5, 0.6) is 11.5 Å². The van der Waals surface area contributed by atoms with Crippen molar-refractivity contribution in [2.45, 2.75) is 32.7 Å². The van der Waals surface area contributed by atoms with Crippen LogP contribution in [-0.2, 0) is 22.0 Å². The quantitative estimate of drug-likeness (QED) is 0.115. The second-order valence-corrected chi connectivity index (χ2v) is 14.9. The van der Waals surface area contributed by atoms with E-state index in [1.54, 1.807) is 49.6 Å². The number of hydrogen-bond donors (Lipinski definition) is 4. The summed E-state index contributed by atoms with van der Waals surface area (Å²) in [6.07, 6.45) is 2.56. The van der Waals surface area contributed by atoms with Crippen molar-refractivity contribution in [3.63, 3.8) is 0 Å². The van der Waals surface area contributed by atoms with E-state index < -0.39 is 15.9 Å². The van der Waals surface area contributed by atoms with Gasteiger partial charge < -0.3 is 25.4 Å². The summed E-state index contributed by atoms with van der Waals surface area (Å²) in [5.41, 5.74) is 2.97. The molecule has 0 unspecified atom stereocenters. The summed E-state index contributed by atoms with van der Waals surface area (Å²) in [5.74, 6) is 0.844. The van der Waals surface area contributed by atoms with Crippen molar-refractivity contribution in [3.8, 4) is 11.5 Å². The van der Waals surface area contributed by atoms with E-state index >= 15 is 0 Å². The Morgan fingerprint density at radius 1 is 0.854 bits per heavy atom. The van der Waals surface area contributed by atoms with Gasteiger partial charge in [-0.3, -0.25) is 14.3 Å². The molecule has 48 heavy (non-hydrogen) atoms. The van der Waals surface area contributed by atoms with Gasteiger partial charge in [-0.25, -0.2) is 13.4 Å². The molecule has 2 aromatic heterocycles. The molecule has 250 valence electrons. The van der Waals surface area contributed by atoms with E-state index in [4.69, 9.17) is 9.47 Å². The van der Waals surface area contributed by atoms with E-state index in [1.165, 1.54) is 24.6 Å². The number of methoxy groups -OCH3 is 2. The zero-order chi connectivity index (χ0) is 34.6. The molecule has 13 heteroatoms. The van der Waals surface area contributed by atoms with Crippen molar-refractivity contribution in [1.29, 1.82) is 0 Å². The first-order valence-electron chi connectivity index (χ1n) is 14.9. The number of amides is 2. The molecule has 0 spiro atoms. The van der Waals surface area contributed by atoms with E-state index in [-0.39, 0.29) is 22.8 Å². The molecular formula is C35H37N5O6S2. The SMILES string of the molecule is COc1ccc(CNc2ccc(C(=O)Nc3cccc4cc(C(=O)Nc5cc(C(C)(C)C)cc(NS(C)(=O)=O)c5OC)sc34)cn2)cc1. The predicted octanol–water partition coefficient (Wildman–Crippen LogP) is 7.10. The summed E-state index contributed by atoms with van der Waals surface area (Å²) < 4.78 is 38.1. The van der Waals surface area contributed by atoms with E-state index in [2.05, 4.69) is 25.7 Å². The smallest absolute Gasteiger partial charge is 0.265 e. The number of anilines is 4. The number of hydrogen-bond acceptors (Lipinski definition) is 9. The van der Waals surface area contributed by atoms with Crippen LogP contribution in [0.4, 0.5) is 22.9 Å². The standard InChI is InChI=1S/C35H37N5O6S2/c1-35(2,3)24-17-27(31(46-5)28(18-24)40-48(6,43)44)39-34(42)29-16-22-8-7-9-26(32(22)47-29)38-33(41)23-12-15-30(37-20-23)36-19-21-10-13-25(45-4)14-11-21/h7-18,20,40H,19H2,1-6H3,(H,36,37)(H,38,41)(H,39,42). The summed E-state index contributed by atoms with van der Waals surface area (Å²) in [4.78, 5) is 31.5. The van der Waals surface area contributed by atoms with Gasteiger partial charge in [0, 0.05) is 12.7 Å². The molecule has 0 aliphatic rings. The van der Waals surface area contributed by atoms with Crippen molar-refractivity contribution >= 4 is 66.1 Å². The van der Waals surface area contributed by atoms with Gasteiger partial charge in [-0.1, -0.05) is 45.0 Å². The highest BCUT2D eigenvalue weighted by Crippen LogP contribution is 2.40. The van der Waals surface area contributed by atoms with Crippen molar-refractivity contribution in [3.05, 3.63) is 101 Å². The molecule has 4 N–H and O–H groups in total. The fraction of sp³-hybridized carbons (Fsp3) is 0.229. The van der Waals surface area contributed by atoms with Crippen LogP contribution in [-0.4, -0.2) is 45.7 Å². The number of sulfonamides is 1. The molecule has 2 amide bonds. The third-order valence-corrected chi connectivity index (χ3v) is 9.15. The number of thiophene rings is 1. The highest BCUT2D eigenvalue weighted by atomic mass is 32.2. The van der Waals surface area contributed by atoms with E-state index in [0.29, 0.717) is 34.2 Å². The molecule has 0 saturated carbocycles. The number of carbonyl (C=O) groups excluding carboxylic acids is 2. The lowest BCUT2D eigenvalue weighted by Crippen LogP contribution is -2.18. The van der Waals surface area contributed by atoms with E-state index in [1.807, 2.05) is 51.1 Å². The number of benzene rings is 3. The van der Waals surface area contributed by atoms with Gasteiger partial charge in [-0.2, -0.15) is 0 Å². The first kappa shape index (κ1) is 34.2. The summed E-state index contributed by atoms with van der Waals surface area (Å²) in [5, 5.41) is 9.86. The lowest BCUT2D eigenvalue weighted by molar-refractivity contribution is 0.102. The van der Waals surface area contributed by atoms with Gasteiger partial charge in [0.15, 0.2) is 5.75 Å². The highest BCUT2D eigenvalue weighted by molar-refractivity contribution is 7.92. The number of aromatic nitrogens is 1. The molecular weight excluding hydrogens is 651 g/mol. The molecule has 0 aliphatic carbocycles. The molecule has 0 bridgehead atoms. The van der Waals surface area contributed by atoms with Crippen LogP contribution in [0.25, 0.3) is 10.1 Å². The zero-order valence-electron chi connectivity index (χ0n) is 27.4. The Kier molecular flexibility index (Phi) is 9.92. The van der Waals surface area contributed by atoms with Crippen LogP contribution >= 0.6 is 11.3 Å². The third-order valence-electron chi connectivity index (χ3n) is 7.38. The van der Waals surface area contributed by atoms with Gasteiger partial charge in [0.1, 0.15) is 11.6 Å². The maximum Gasteiger partial charge on any atom is 0.265 e. The van der Waals surface area contributed by atoms with E-state index in [9.17, 15) is 18.0 Å². The van der Waals surface area contributed by atoms with Gasteiger partial charge in [0.25, 0.3) is 11.8 Å². The number of carbonyl (C=O) groups is 2.